The number of aromatic amines is 1. The minimum Gasteiger partial charge on any atom is -0.314 e. The molecule has 2 aromatic rings. The molecule has 0 bridgehead atoms. The van der Waals surface area contributed by atoms with Crippen LogP contribution >= 0.6 is 23.1 Å². The van der Waals surface area contributed by atoms with Crippen LogP contribution in [0.4, 0.5) is 11.5 Å². The molecule has 2 rings (SSSR count). The molecule has 3 N–H and O–H groups in total. The third kappa shape index (κ3) is 4.47. The topological polar surface area (TPSA) is 104 Å². The van der Waals surface area contributed by atoms with Crippen molar-refractivity contribution in [3.05, 3.63) is 32.7 Å². The summed E-state index contributed by atoms with van der Waals surface area (Å²) in [6, 6.07) is 3.35. The van der Waals surface area contributed by atoms with E-state index in [1.807, 2.05) is 0 Å². The number of carbonyl (C=O) groups excluding carboxylic acids is 2. The van der Waals surface area contributed by atoms with Gasteiger partial charge in [0.15, 0.2) is 16.7 Å². The van der Waals surface area contributed by atoms with Crippen molar-refractivity contribution >= 4 is 46.4 Å². The Bertz CT molecular complexity index is 837. The molecule has 0 atom stereocenters. The SMILES string of the molecule is C#CCSc1nc(NC(=O)CC)c(NC(=O)c2cccs2)c(=O)[nH]1. The number of thiophene rings is 1. The summed E-state index contributed by atoms with van der Waals surface area (Å²) in [5.41, 5.74) is -0.680. The Balaban J connectivity index is 2.36. The number of rotatable bonds is 6. The maximum absolute atomic E-state index is 12.3. The molecule has 7 nitrogen and oxygen atoms in total. The Labute approximate surface area is 146 Å². The van der Waals surface area contributed by atoms with Crippen molar-refractivity contribution in [3.8, 4) is 12.3 Å². The first-order valence-electron chi connectivity index (χ1n) is 6.90. The number of thioether (sulfide) groups is 1. The summed E-state index contributed by atoms with van der Waals surface area (Å²) in [6.45, 7) is 1.67. The van der Waals surface area contributed by atoms with E-state index in [2.05, 4.69) is 26.5 Å². The fourth-order valence-electron chi connectivity index (χ4n) is 1.64. The first-order valence-corrected chi connectivity index (χ1v) is 8.77. The molecule has 0 saturated carbocycles. The quantitative estimate of drug-likeness (QED) is 0.415. The highest BCUT2D eigenvalue weighted by Gasteiger charge is 2.17. The van der Waals surface area contributed by atoms with Crippen LogP contribution in [-0.2, 0) is 4.79 Å². The van der Waals surface area contributed by atoms with Crippen molar-refractivity contribution in [1.29, 1.82) is 0 Å². The number of nitrogens with zero attached hydrogens (tertiary/aromatic N) is 1. The zero-order chi connectivity index (χ0) is 17.5. The molecule has 0 spiro atoms. The molecule has 124 valence electrons. The van der Waals surface area contributed by atoms with Gasteiger partial charge < -0.3 is 10.6 Å². The number of nitrogens with one attached hydrogen (secondary N) is 3. The monoisotopic (exact) mass is 362 g/mol. The Hall–Kier alpha value is -2.57. The third-order valence-electron chi connectivity index (χ3n) is 2.75. The lowest BCUT2D eigenvalue weighted by Gasteiger charge is -2.11. The van der Waals surface area contributed by atoms with E-state index in [0.29, 0.717) is 10.6 Å². The summed E-state index contributed by atoms with van der Waals surface area (Å²) >= 11 is 2.38. The minimum atomic E-state index is -0.569. The van der Waals surface area contributed by atoms with Gasteiger partial charge in [0.1, 0.15) is 0 Å². The number of terminal acetylenes is 1. The summed E-state index contributed by atoms with van der Waals surface area (Å²) in [5.74, 6) is 1.95. The standard InChI is InChI=1S/C15H14N4O3S2/c1-3-7-24-15-18-12(16-10(20)4-2)11(14(22)19-15)17-13(21)9-6-5-8-23-9/h1,5-6,8H,4,7H2,2H3,(H,17,21)(H2,16,18,19,20,22). The molecule has 0 aliphatic carbocycles. The second kappa shape index (κ2) is 8.33. The van der Waals surface area contributed by atoms with Crippen LogP contribution in [0.25, 0.3) is 0 Å². The number of hydrogen-bond donors (Lipinski definition) is 3. The predicted molar refractivity (Wildman–Crippen MR) is 95.6 cm³/mol. The number of carbonyl (C=O) groups is 2. The summed E-state index contributed by atoms with van der Waals surface area (Å²) in [5, 5.41) is 7.03. The van der Waals surface area contributed by atoms with E-state index in [9.17, 15) is 14.4 Å². The van der Waals surface area contributed by atoms with Gasteiger partial charge in [-0.25, -0.2) is 4.98 Å². The van der Waals surface area contributed by atoms with E-state index >= 15 is 0 Å². The van der Waals surface area contributed by atoms with E-state index < -0.39 is 11.5 Å². The highest BCUT2D eigenvalue weighted by atomic mass is 32.2. The molecule has 0 saturated heterocycles. The van der Waals surface area contributed by atoms with Crippen LogP contribution in [0.1, 0.15) is 23.0 Å². The molecule has 9 heteroatoms. The van der Waals surface area contributed by atoms with Gasteiger partial charge in [0.25, 0.3) is 11.5 Å². The van der Waals surface area contributed by atoms with Crippen LogP contribution in [0.2, 0.25) is 0 Å². The lowest BCUT2D eigenvalue weighted by Crippen LogP contribution is -2.24. The third-order valence-corrected chi connectivity index (χ3v) is 4.40. The van der Waals surface area contributed by atoms with Crippen molar-refractivity contribution in [1.82, 2.24) is 9.97 Å². The molecule has 0 fully saturated rings. The van der Waals surface area contributed by atoms with Crippen LogP contribution in [0.15, 0.2) is 27.5 Å². The number of H-pyrrole nitrogens is 1. The van der Waals surface area contributed by atoms with Gasteiger partial charge in [0, 0.05) is 6.42 Å². The first-order chi connectivity index (χ1) is 11.5. The first kappa shape index (κ1) is 17.8. The molecule has 2 amide bonds. The molecular formula is C15H14N4O3S2. The summed E-state index contributed by atoms with van der Waals surface area (Å²) in [7, 11) is 0. The molecular weight excluding hydrogens is 348 g/mol. The fraction of sp³-hybridized carbons (Fsp3) is 0.200. The van der Waals surface area contributed by atoms with Gasteiger partial charge in [0.05, 0.1) is 10.6 Å². The highest BCUT2D eigenvalue weighted by Crippen LogP contribution is 2.20. The zero-order valence-electron chi connectivity index (χ0n) is 12.7. The Morgan fingerprint density at radius 1 is 1.46 bits per heavy atom. The maximum Gasteiger partial charge on any atom is 0.277 e. The second-order valence-electron chi connectivity index (χ2n) is 4.42. The van der Waals surface area contributed by atoms with Crippen molar-refractivity contribution in [2.24, 2.45) is 0 Å². The number of amides is 2. The van der Waals surface area contributed by atoms with Gasteiger partial charge >= 0.3 is 0 Å². The van der Waals surface area contributed by atoms with Gasteiger partial charge in [0.2, 0.25) is 5.91 Å². The Morgan fingerprint density at radius 2 is 2.25 bits per heavy atom. The van der Waals surface area contributed by atoms with Gasteiger partial charge in [-0.15, -0.1) is 17.8 Å². The van der Waals surface area contributed by atoms with Gasteiger partial charge in [-0.1, -0.05) is 30.7 Å². The van der Waals surface area contributed by atoms with Crippen LogP contribution in [-0.4, -0.2) is 27.5 Å². The summed E-state index contributed by atoms with van der Waals surface area (Å²) < 4.78 is 0. The van der Waals surface area contributed by atoms with Crippen molar-refractivity contribution in [3.63, 3.8) is 0 Å². The minimum absolute atomic E-state index is 0.00460. The zero-order valence-corrected chi connectivity index (χ0v) is 14.3. The summed E-state index contributed by atoms with van der Waals surface area (Å²) in [6.07, 6.45) is 5.40. The van der Waals surface area contributed by atoms with Crippen LogP contribution in [0.5, 0.6) is 0 Å². The number of aromatic nitrogens is 2. The Kier molecular flexibility index (Phi) is 6.17. The predicted octanol–water partition coefficient (Wildman–Crippen LogP) is 2.16. The average Bonchev–Trinajstić information content (AvgIpc) is 3.10. The largest absolute Gasteiger partial charge is 0.314 e. The second-order valence-corrected chi connectivity index (χ2v) is 6.33. The summed E-state index contributed by atoms with van der Waals surface area (Å²) in [4.78, 5) is 43.2. The van der Waals surface area contributed by atoms with Crippen LogP contribution in [0, 0.1) is 12.3 Å². The fourth-order valence-corrected chi connectivity index (χ4v) is 2.80. The molecule has 0 aromatic carbocycles. The lowest BCUT2D eigenvalue weighted by molar-refractivity contribution is -0.115. The molecule has 0 aliphatic rings. The molecule has 0 radical (unpaired) electrons. The van der Waals surface area contributed by atoms with Gasteiger partial charge in [-0.3, -0.25) is 19.4 Å². The van der Waals surface area contributed by atoms with E-state index in [1.54, 1.807) is 24.4 Å². The normalized spacial score (nSPS) is 10.0. The molecule has 0 unspecified atom stereocenters. The number of anilines is 2. The lowest BCUT2D eigenvalue weighted by atomic mass is 10.3. The highest BCUT2D eigenvalue weighted by molar-refractivity contribution is 7.99. The number of hydrogen-bond acceptors (Lipinski definition) is 6. The van der Waals surface area contributed by atoms with Crippen molar-refractivity contribution in [2.75, 3.05) is 16.4 Å². The van der Waals surface area contributed by atoms with Gasteiger partial charge in [-0.05, 0) is 11.4 Å². The molecule has 2 aromatic heterocycles. The van der Waals surface area contributed by atoms with E-state index in [-0.39, 0.29) is 29.0 Å². The Morgan fingerprint density at radius 3 is 2.88 bits per heavy atom. The average molecular weight is 362 g/mol. The van der Waals surface area contributed by atoms with Crippen molar-refractivity contribution in [2.45, 2.75) is 18.5 Å². The maximum atomic E-state index is 12.3. The van der Waals surface area contributed by atoms with E-state index in [4.69, 9.17) is 6.42 Å². The molecule has 2 heterocycles. The van der Waals surface area contributed by atoms with E-state index in [0.717, 1.165) is 11.8 Å². The van der Waals surface area contributed by atoms with E-state index in [1.165, 1.54) is 11.3 Å². The van der Waals surface area contributed by atoms with Crippen LogP contribution < -0.4 is 16.2 Å². The van der Waals surface area contributed by atoms with Crippen LogP contribution in [0.3, 0.4) is 0 Å². The molecule has 24 heavy (non-hydrogen) atoms. The van der Waals surface area contributed by atoms with Gasteiger partial charge in [-0.2, -0.15) is 0 Å². The molecule has 0 aliphatic heterocycles. The smallest absolute Gasteiger partial charge is 0.277 e. The van der Waals surface area contributed by atoms with Crippen molar-refractivity contribution < 1.29 is 9.59 Å².